The number of nitrogens with one attached hydrogen (secondary N) is 1. The highest BCUT2D eigenvalue weighted by Gasteiger charge is 2.19. The molecule has 0 aliphatic carbocycles. The van der Waals surface area contributed by atoms with Crippen molar-refractivity contribution in [2.24, 2.45) is 0 Å². The molecule has 0 radical (unpaired) electrons. The van der Waals surface area contributed by atoms with E-state index in [-0.39, 0.29) is 11.7 Å². The fourth-order valence-electron chi connectivity index (χ4n) is 2.38. The highest BCUT2D eigenvalue weighted by molar-refractivity contribution is 5.96. The van der Waals surface area contributed by atoms with Crippen molar-refractivity contribution < 1.29 is 23.4 Å². The topological polar surface area (TPSA) is 60.0 Å². The molecule has 0 aliphatic rings. The lowest BCUT2D eigenvalue weighted by molar-refractivity contribution is -0.120. The second kappa shape index (κ2) is 9.78. The molecule has 6 nitrogen and oxygen atoms in total. The third-order valence-electron chi connectivity index (χ3n) is 4.23. The van der Waals surface area contributed by atoms with Gasteiger partial charge in [-0.1, -0.05) is 0 Å². The minimum atomic E-state index is -0.391. The minimum absolute atomic E-state index is 0.175. The third kappa shape index (κ3) is 5.86. The van der Waals surface area contributed by atoms with E-state index in [4.69, 9.17) is 14.2 Å². The van der Waals surface area contributed by atoms with Crippen molar-refractivity contribution in [1.29, 1.82) is 0 Å². The van der Waals surface area contributed by atoms with E-state index >= 15 is 0 Å². The maximum absolute atomic E-state index is 12.9. The quantitative estimate of drug-likeness (QED) is 0.728. The number of anilines is 1. The first-order chi connectivity index (χ1) is 12.9. The lowest BCUT2D eigenvalue weighted by Crippen LogP contribution is -2.41. The number of carbonyl (C=O) groups excluding carboxylic acids is 1. The van der Waals surface area contributed by atoms with Crippen molar-refractivity contribution in [3.8, 4) is 17.2 Å². The van der Waals surface area contributed by atoms with Crippen molar-refractivity contribution in [3.05, 3.63) is 48.3 Å². The molecule has 2 aromatic rings. The predicted octanol–water partition coefficient (Wildman–Crippen LogP) is 3.18. The van der Waals surface area contributed by atoms with Gasteiger partial charge in [-0.15, -0.1) is 0 Å². The second-order valence-electron chi connectivity index (χ2n) is 6.01. The van der Waals surface area contributed by atoms with Crippen LogP contribution in [0.15, 0.2) is 42.5 Å². The number of nitrogens with zero attached hydrogens (tertiary/aromatic N) is 1. The van der Waals surface area contributed by atoms with E-state index in [1.807, 2.05) is 11.9 Å². The van der Waals surface area contributed by atoms with Crippen LogP contribution < -0.4 is 19.5 Å². The van der Waals surface area contributed by atoms with Gasteiger partial charge in [0.2, 0.25) is 5.91 Å². The molecule has 146 valence electrons. The Kier molecular flexibility index (Phi) is 7.43. The molecule has 0 spiro atoms. The van der Waals surface area contributed by atoms with E-state index in [1.165, 1.54) is 12.1 Å². The van der Waals surface area contributed by atoms with Crippen molar-refractivity contribution in [1.82, 2.24) is 4.90 Å². The zero-order valence-electron chi connectivity index (χ0n) is 16.0. The summed E-state index contributed by atoms with van der Waals surface area (Å²) in [6, 6.07) is 10.6. The van der Waals surface area contributed by atoms with Gasteiger partial charge >= 0.3 is 0 Å². The summed E-state index contributed by atoms with van der Waals surface area (Å²) < 4.78 is 28.9. The van der Waals surface area contributed by atoms with Crippen molar-refractivity contribution in [2.45, 2.75) is 13.0 Å². The maximum Gasteiger partial charge on any atom is 0.241 e. The summed E-state index contributed by atoms with van der Waals surface area (Å²) in [4.78, 5) is 14.4. The van der Waals surface area contributed by atoms with Gasteiger partial charge in [0.15, 0.2) is 0 Å². The van der Waals surface area contributed by atoms with Gasteiger partial charge in [-0.05, 0) is 50.4 Å². The van der Waals surface area contributed by atoms with Gasteiger partial charge in [-0.3, -0.25) is 9.69 Å². The van der Waals surface area contributed by atoms with Crippen LogP contribution in [0.5, 0.6) is 17.2 Å². The fraction of sp³-hybridized carbons (Fsp3) is 0.350. The van der Waals surface area contributed by atoms with Crippen LogP contribution in [0.1, 0.15) is 6.92 Å². The predicted molar refractivity (Wildman–Crippen MR) is 102 cm³/mol. The van der Waals surface area contributed by atoms with E-state index in [2.05, 4.69) is 5.32 Å². The summed E-state index contributed by atoms with van der Waals surface area (Å²) in [6.07, 6.45) is 0. The van der Waals surface area contributed by atoms with Crippen LogP contribution in [0.2, 0.25) is 0 Å². The van der Waals surface area contributed by atoms with Crippen molar-refractivity contribution in [3.63, 3.8) is 0 Å². The van der Waals surface area contributed by atoms with E-state index in [0.29, 0.717) is 36.1 Å². The zero-order valence-corrected chi connectivity index (χ0v) is 16.0. The number of hydrogen-bond donors (Lipinski definition) is 1. The SMILES string of the molecule is COc1ccc(OC)c(NC(=O)C(C)N(C)CCOc2ccc(F)cc2)c1. The smallest absolute Gasteiger partial charge is 0.241 e. The fourth-order valence-corrected chi connectivity index (χ4v) is 2.38. The number of methoxy groups -OCH3 is 2. The molecule has 0 saturated carbocycles. The molecule has 2 rings (SSSR count). The van der Waals surface area contributed by atoms with Crippen LogP contribution in [-0.4, -0.2) is 51.3 Å². The zero-order chi connectivity index (χ0) is 19.8. The Morgan fingerprint density at radius 3 is 2.41 bits per heavy atom. The van der Waals surface area contributed by atoms with Crippen LogP contribution in [-0.2, 0) is 4.79 Å². The number of halogens is 1. The van der Waals surface area contributed by atoms with Gasteiger partial charge in [-0.25, -0.2) is 4.39 Å². The number of hydrogen-bond acceptors (Lipinski definition) is 5. The molecule has 0 heterocycles. The molecule has 27 heavy (non-hydrogen) atoms. The van der Waals surface area contributed by atoms with E-state index in [1.54, 1.807) is 51.5 Å². The normalized spacial score (nSPS) is 11.8. The molecule has 0 bridgehead atoms. The Balaban J connectivity index is 1.89. The number of likely N-dealkylation sites (N-methyl/N-ethyl adjacent to an activating group) is 1. The molecule has 7 heteroatoms. The number of benzene rings is 2. The molecule has 0 aromatic heterocycles. The summed E-state index contributed by atoms with van der Waals surface area (Å²) in [7, 11) is 4.94. The monoisotopic (exact) mass is 376 g/mol. The molecule has 1 N–H and O–H groups in total. The van der Waals surface area contributed by atoms with Crippen LogP contribution >= 0.6 is 0 Å². The first-order valence-electron chi connectivity index (χ1n) is 8.56. The second-order valence-corrected chi connectivity index (χ2v) is 6.01. The summed E-state index contributed by atoms with van der Waals surface area (Å²) in [5.74, 6) is 1.28. The molecule has 0 aliphatic heterocycles. The van der Waals surface area contributed by atoms with Crippen LogP contribution in [0.3, 0.4) is 0 Å². The van der Waals surface area contributed by atoms with E-state index in [0.717, 1.165) is 0 Å². The average molecular weight is 376 g/mol. The van der Waals surface area contributed by atoms with Crippen LogP contribution in [0, 0.1) is 5.82 Å². The molecular weight excluding hydrogens is 351 g/mol. The Hall–Kier alpha value is -2.80. The summed E-state index contributed by atoms with van der Waals surface area (Å²) >= 11 is 0. The third-order valence-corrected chi connectivity index (χ3v) is 4.23. The summed E-state index contributed by atoms with van der Waals surface area (Å²) in [5.41, 5.74) is 0.546. The Bertz CT molecular complexity index is 752. The molecule has 1 unspecified atom stereocenters. The van der Waals surface area contributed by atoms with Crippen molar-refractivity contribution >= 4 is 11.6 Å². The van der Waals surface area contributed by atoms with Gasteiger partial charge < -0.3 is 19.5 Å². The standard InChI is InChI=1S/C20H25FN2O4/c1-14(23(2)11-12-27-16-7-5-15(21)6-8-16)20(24)22-18-13-17(25-3)9-10-19(18)26-4/h5-10,13-14H,11-12H2,1-4H3,(H,22,24). The maximum atomic E-state index is 12.9. The molecule has 2 aromatic carbocycles. The lowest BCUT2D eigenvalue weighted by Gasteiger charge is -2.24. The molecule has 1 atom stereocenters. The van der Waals surface area contributed by atoms with E-state index < -0.39 is 6.04 Å². The Morgan fingerprint density at radius 2 is 1.78 bits per heavy atom. The molecule has 1 amide bonds. The highest BCUT2D eigenvalue weighted by atomic mass is 19.1. The molecule has 0 saturated heterocycles. The first-order valence-corrected chi connectivity index (χ1v) is 8.56. The van der Waals surface area contributed by atoms with Gasteiger partial charge in [0.25, 0.3) is 0 Å². The van der Waals surface area contributed by atoms with Gasteiger partial charge in [0.1, 0.15) is 29.7 Å². The Morgan fingerprint density at radius 1 is 1.11 bits per heavy atom. The number of carbonyl (C=O) groups is 1. The number of rotatable bonds is 9. The summed E-state index contributed by atoms with van der Waals surface area (Å²) in [5, 5.41) is 2.86. The molecule has 0 fully saturated rings. The van der Waals surface area contributed by atoms with Gasteiger partial charge in [-0.2, -0.15) is 0 Å². The van der Waals surface area contributed by atoms with Crippen molar-refractivity contribution in [2.75, 3.05) is 39.7 Å². The minimum Gasteiger partial charge on any atom is -0.497 e. The van der Waals surface area contributed by atoms with Crippen LogP contribution in [0.25, 0.3) is 0 Å². The average Bonchev–Trinajstić information content (AvgIpc) is 2.68. The van der Waals surface area contributed by atoms with E-state index in [9.17, 15) is 9.18 Å². The summed E-state index contributed by atoms with van der Waals surface area (Å²) in [6.45, 7) is 2.71. The number of amides is 1. The Labute approximate surface area is 158 Å². The first kappa shape index (κ1) is 20.5. The number of ether oxygens (including phenoxy) is 3. The molecular formula is C20H25FN2O4. The largest absolute Gasteiger partial charge is 0.497 e. The lowest BCUT2D eigenvalue weighted by atomic mass is 10.2. The highest BCUT2D eigenvalue weighted by Crippen LogP contribution is 2.29. The van der Waals surface area contributed by atoms with Gasteiger partial charge in [0, 0.05) is 12.6 Å². The van der Waals surface area contributed by atoms with Crippen LogP contribution in [0.4, 0.5) is 10.1 Å². The van der Waals surface area contributed by atoms with Gasteiger partial charge in [0.05, 0.1) is 25.9 Å².